The van der Waals surface area contributed by atoms with Crippen molar-refractivity contribution in [3.05, 3.63) is 0 Å². The molecule has 0 bridgehead atoms. The highest BCUT2D eigenvalue weighted by molar-refractivity contribution is 4.75. The molecule has 1 saturated carbocycles. The predicted molar refractivity (Wildman–Crippen MR) is 78.4 cm³/mol. The van der Waals surface area contributed by atoms with Gasteiger partial charge in [0.1, 0.15) is 0 Å². The van der Waals surface area contributed by atoms with Crippen molar-refractivity contribution in [2.45, 2.75) is 70.5 Å². The number of rotatable bonds is 8. The minimum atomic E-state index is 0.344. The van der Waals surface area contributed by atoms with E-state index in [-0.39, 0.29) is 0 Å². The van der Waals surface area contributed by atoms with E-state index in [4.69, 9.17) is 9.47 Å². The van der Waals surface area contributed by atoms with Gasteiger partial charge in [-0.2, -0.15) is 0 Å². The maximum Gasteiger partial charge on any atom is 0.0813 e. The first-order chi connectivity index (χ1) is 9.38. The van der Waals surface area contributed by atoms with Crippen molar-refractivity contribution < 1.29 is 9.47 Å². The van der Waals surface area contributed by atoms with Gasteiger partial charge in [0.15, 0.2) is 0 Å². The summed E-state index contributed by atoms with van der Waals surface area (Å²) in [5, 5.41) is 3.44. The Morgan fingerprint density at radius 2 is 1.79 bits per heavy atom. The first kappa shape index (κ1) is 15.3. The Balaban J connectivity index is 1.50. The Kier molecular flexibility index (Phi) is 7.18. The van der Waals surface area contributed by atoms with E-state index < -0.39 is 0 Å². The maximum absolute atomic E-state index is 6.01. The van der Waals surface area contributed by atoms with E-state index >= 15 is 0 Å². The molecule has 0 amide bonds. The summed E-state index contributed by atoms with van der Waals surface area (Å²) >= 11 is 0. The normalized spacial score (nSPS) is 28.9. The van der Waals surface area contributed by atoms with Crippen LogP contribution in [-0.2, 0) is 9.47 Å². The number of hydrogen-bond acceptors (Lipinski definition) is 3. The van der Waals surface area contributed by atoms with E-state index in [0.717, 1.165) is 32.2 Å². The van der Waals surface area contributed by atoms with Gasteiger partial charge in [-0.05, 0) is 44.6 Å². The standard InChI is InChI=1S/C16H31NO2/c1-2-10-17-11-15-8-9-16(19-15)13-18-12-14-6-4-3-5-7-14/h14-17H,2-13H2,1H3. The molecule has 2 aliphatic rings. The molecule has 0 spiro atoms. The molecule has 2 rings (SSSR count). The van der Waals surface area contributed by atoms with Gasteiger partial charge < -0.3 is 14.8 Å². The van der Waals surface area contributed by atoms with Crippen molar-refractivity contribution in [1.29, 1.82) is 0 Å². The summed E-state index contributed by atoms with van der Waals surface area (Å²) in [6.07, 6.45) is 11.3. The van der Waals surface area contributed by atoms with Crippen molar-refractivity contribution in [2.75, 3.05) is 26.3 Å². The number of ether oxygens (including phenoxy) is 2. The summed E-state index contributed by atoms with van der Waals surface area (Å²) < 4.78 is 11.9. The molecular weight excluding hydrogens is 238 g/mol. The summed E-state index contributed by atoms with van der Waals surface area (Å²) in [5.41, 5.74) is 0. The molecule has 0 aromatic rings. The van der Waals surface area contributed by atoms with Crippen LogP contribution in [0.5, 0.6) is 0 Å². The van der Waals surface area contributed by atoms with Crippen molar-refractivity contribution in [3.63, 3.8) is 0 Å². The van der Waals surface area contributed by atoms with Crippen molar-refractivity contribution >= 4 is 0 Å². The SMILES string of the molecule is CCCNCC1CCC(COCC2CCCCC2)O1. The average Bonchev–Trinajstić information content (AvgIpc) is 2.88. The molecule has 3 nitrogen and oxygen atoms in total. The third kappa shape index (κ3) is 5.80. The quantitative estimate of drug-likeness (QED) is 0.687. The Morgan fingerprint density at radius 1 is 1.00 bits per heavy atom. The Hall–Kier alpha value is -0.120. The second-order valence-electron chi connectivity index (χ2n) is 6.20. The molecule has 1 aliphatic carbocycles. The smallest absolute Gasteiger partial charge is 0.0813 e. The summed E-state index contributed by atoms with van der Waals surface area (Å²) in [7, 11) is 0. The van der Waals surface area contributed by atoms with Gasteiger partial charge in [-0.25, -0.2) is 0 Å². The van der Waals surface area contributed by atoms with Crippen LogP contribution in [0.25, 0.3) is 0 Å². The third-order valence-corrected chi connectivity index (χ3v) is 4.38. The van der Waals surface area contributed by atoms with Crippen LogP contribution in [0, 0.1) is 5.92 Å². The first-order valence-electron chi connectivity index (χ1n) is 8.32. The molecule has 112 valence electrons. The fourth-order valence-corrected chi connectivity index (χ4v) is 3.21. The van der Waals surface area contributed by atoms with Crippen LogP contribution in [0.3, 0.4) is 0 Å². The lowest BCUT2D eigenvalue weighted by atomic mass is 9.90. The molecule has 1 saturated heterocycles. The fourth-order valence-electron chi connectivity index (χ4n) is 3.21. The summed E-state index contributed by atoms with van der Waals surface area (Å²) in [4.78, 5) is 0. The maximum atomic E-state index is 6.01. The molecule has 0 aromatic heterocycles. The van der Waals surface area contributed by atoms with Gasteiger partial charge in [-0.3, -0.25) is 0 Å². The Bertz CT molecular complexity index is 229. The molecular formula is C16H31NO2. The highest BCUT2D eigenvalue weighted by Crippen LogP contribution is 2.24. The summed E-state index contributed by atoms with van der Waals surface area (Å²) in [6.45, 7) is 6.07. The van der Waals surface area contributed by atoms with E-state index in [9.17, 15) is 0 Å². The number of nitrogens with one attached hydrogen (secondary N) is 1. The van der Waals surface area contributed by atoms with Crippen LogP contribution < -0.4 is 5.32 Å². The van der Waals surface area contributed by atoms with Crippen LogP contribution in [-0.4, -0.2) is 38.5 Å². The second kappa shape index (κ2) is 8.93. The van der Waals surface area contributed by atoms with E-state index in [2.05, 4.69) is 12.2 Å². The van der Waals surface area contributed by atoms with Gasteiger partial charge >= 0.3 is 0 Å². The molecule has 1 aliphatic heterocycles. The average molecular weight is 269 g/mol. The van der Waals surface area contributed by atoms with E-state index in [0.29, 0.717) is 12.2 Å². The lowest BCUT2D eigenvalue weighted by molar-refractivity contribution is -0.0245. The zero-order valence-corrected chi connectivity index (χ0v) is 12.5. The van der Waals surface area contributed by atoms with E-state index in [1.807, 2.05) is 0 Å². The zero-order chi connectivity index (χ0) is 13.3. The highest BCUT2D eigenvalue weighted by atomic mass is 16.5. The number of hydrogen-bond donors (Lipinski definition) is 1. The summed E-state index contributed by atoms with van der Waals surface area (Å²) in [6, 6.07) is 0. The molecule has 1 heterocycles. The minimum absolute atomic E-state index is 0.344. The molecule has 0 aromatic carbocycles. The van der Waals surface area contributed by atoms with Crippen LogP contribution in [0.2, 0.25) is 0 Å². The largest absolute Gasteiger partial charge is 0.378 e. The highest BCUT2D eigenvalue weighted by Gasteiger charge is 2.25. The molecule has 2 fully saturated rings. The molecule has 2 unspecified atom stereocenters. The monoisotopic (exact) mass is 269 g/mol. The first-order valence-corrected chi connectivity index (χ1v) is 8.32. The second-order valence-corrected chi connectivity index (χ2v) is 6.20. The topological polar surface area (TPSA) is 30.5 Å². The molecule has 1 N–H and O–H groups in total. The molecule has 2 atom stereocenters. The Morgan fingerprint density at radius 3 is 2.58 bits per heavy atom. The van der Waals surface area contributed by atoms with E-state index in [1.54, 1.807) is 0 Å². The van der Waals surface area contributed by atoms with Gasteiger partial charge in [0.05, 0.1) is 18.8 Å². The van der Waals surface area contributed by atoms with Crippen molar-refractivity contribution in [1.82, 2.24) is 5.32 Å². The third-order valence-electron chi connectivity index (χ3n) is 4.38. The van der Waals surface area contributed by atoms with Crippen LogP contribution in [0.4, 0.5) is 0 Å². The Labute approximate surface area is 118 Å². The molecule has 0 radical (unpaired) electrons. The van der Waals surface area contributed by atoms with Crippen molar-refractivity contribution in [3.8, 4) is 0 Å². The lowest BCUT2D eigenvalue weighted by Gasteiger charge is -2.22. The molecule has 3 heteroatoms. The van der Waals surface area contributed by atoms with Gasteiger partial charge in [0.2, 0.25) is 0 Å². The molecule has 19 heavy (non-hydrogen) atoms. The predicted octanol–water partition coefficient (Wildman–Crippen LogP) is 3.13. The van der Waals surface area contributed by atoms with Gasteiger partial charge in [-0.15, -0.1) is 0 Å². The van der Waals surface area contributed by atoms with Gasteiger partial charge in [0.25, 0.3) is 0 Å². The minimum Gasteiger partial charge on any atom is -0.378 e. The van der Waals surface area contributed by atoms with Crippen LogP contribution in [0.15, 0.2) is 0 Å². The lowest BCUT2D eigenvalue weighted by Crippen LogP contribution is -2.28. The van der Waals surface area contributed by atoms with Crippen LogP contribution >= 0.6 is 0 Å². The fraction of sp³-hybridized carbons (Fsp3) is 1.00. The van der Waals surface area contributed by atoms with Crippen molar-refractivity contribution in [2.24, 2.45) is 5.92 Å². The van der Waals surface area contributed by atoms with Crippen LogP contribution in [0.1, 0.15) is 58.3 Å². The zero-order valence-electron chi connectivity index (χ0n) is 12.5. The van der Waals surface area contributed by atoms with Gasteiger partial charge in [0, 0.05) is 13.2 Å². The summed E-state index contributed by atoms with van der Waals surface area (Å²) in [5.74, 6) is 0.817. The van der Waals surface area contributed by atoms with E-state index in [1.165, 1.54) is 51.4 Å². The van der Waals surface area contributed by atoms with Gasteiger partial charge in [-0.1, -0.05) is 26.2 Å².